The fraction of sp³-hybridized carbons (Fsp3) is 0.600. The Hall–Kier alpha value is -0.730. The van der Waals surface area contributed by atoms with Crippen LogP contribution in [-0.4, -0.2) is 19.7 Å². The number of halogens is 1. The molecule has 18 heavy (non-hydrogen) atoms. The van der Waals surface area contributed by atoms with Crippen LogP contribution in [0.15, 0.2) is 24.3 Å². The van der Waals surface area contributed by atoms with E-state index in [1.807, 2.05) is 24.3 Å². The van der Waals surface area contributed by atoms with Gasteiger partial charge in [0.15, 0.2) is 0 Å². The molecule has 0 saturated carbocycles. The highest BCUT2D eigenvalue weighted by Gasteiger charge is 2.11. The molecule has 3 heteroatoms. The van der Waals surface area contributed by atoms with Gasteiger partial charge in [-0.3, -0.25) is 0 Å². The Morgan fingerprint density at radius 2 is 2.28 bits per heavy atom. The minimum atomic E-state index is 0.737. The standard InChI is InChI=1S/C15H22ClNO/c16-14-7-3-8-15(11-14)18-10-4-6-13-5-1-2-9-17-12-13/h3,7-8,11,13,17H,1-2,4-6,9-10,12H2. The zero-order valence-corrected chi connectivity index (χ0v) is 11.6. The maximum atomic E-state index is 5.91. The monoisotopic (exact) mass is 267 g/mol. The molecule has 1 unspecified atom stereocenters. The van der Waals surface area contributed by atoms with Crippen molar-refractivity contribution in [1.82, 2.24) is 5.32 Å². The van der Waals surface area contributed by atoms with Crippen LogP contribution in [0.4, 0.5) is 0 Å². The molecule has 0 amide bonds. The molecule has 1 N–H and O–H groups in total. The van der Waals surface area contributed by atoms with Gasteiger partial charge in [0, 0.05) is 5.02 Å². The van der Waals surface area contributed by atoms with Gasteiger partial charge in [-0.1, -0.05) is 24.1 Å². The molecule has 1 heterocycles. The molecule has 2 nitrogen and oxygen atoms in total. The first-order valence-electron chi connectivity index (χ1n) is 6.94. The van der Waals surface area contributed by atoms with E-state index in [9.17, 15) is 0 Å². The predicted molar refractivity (Wildman–Crippen MR) is 76.4 cm³/mol. The first-order valence-corrected chi connectivity index (χ1v) is 7.31. The highest BCUT2D eigenvalue weighted by Crippen LogP contribution is 2.19. The summed E-state index contributed by atoms with van der Waals surface area (Å²) < 4.78 is 5.70. The summed E-state index contributed by atoms with van der Waals surface area (Å²) in [4.78, 5) is 0. The zero-order valence-electron chi connectivity index (χ0n) is 10.8. The highest BCUT2D eigenvalue weighted by molar-refractivity contribution is 6.30. The molecule has 2 rings (SSSR count). The number of hydrogen-bond donors (Lipinski definition) is 1. The van der Waals surface area contributed by atoms with Crippen LogP contribution in [-0.2, 0) is 0 Å². The normalized spacial score (nSPS) is 20.4. The minimum Gasteiger partial charge on any atom is -0.494 e. The summed E-state index contributed by atoms with van der Waals surface area (Å²) >= 11 is 5.91. The van der Waals surface area contributed by atoms with Crippen molar-refractivity contribution in [2.75, 3.05) is 19.7 Å². The Morgan fingerprint density at radius 3 is 3.17 bits per heavy atom. The molecule has 1 fully saturated rings. The minimum absolute atomic E-state index is 0.737. The van der Waals surface area contributed by atoms with Crippen LogP contribution in [0, 0.1) is 5.92 Å². The summed E-state index contributed by atoms with van der Waals surface area (Å²) in [7, 11) is 0. The Bertz CT molecular complexity index is 348. The van der Waals surface area contributed by atoms with Gasteiger partial charge in [-0.15, -0.1) is 0 Å². The number of benzene rings is 1. The Morgan fingerprint density at radius 1 is 1.33 bits per heavy atom. The lowest BCUT2D eigenvalue weighted by molar-refractivity contribution is 0.288. The number of rotatable bonds is 5. The van der Waals surface area contributed by atoms with Crippen molar-refractivity contribution in [3.63, 3.8) is 0 Å². The van der Waals surface area contributed by atoms with Crippen molar-refractivity contribution in [3.8, 4) is 5.75 Å². The summed E-state index contributed by atoms with van der Waals surface area (Å²) in [6.45, 7) is 3.16. The van der Waals surface area contributed by atoms with E-state index in [1.165, 1.54) is 38.8 Å². The summed E-state index contributed by atoms with van der Waals surface area (Å²) in [5, 5.41) is 4.24. The fourth-order valence-corrected chi connectivity index (χ4v) is 2.64. The topological polar surface area (TPSA) is 21.3 Å². The molecular weight excluding hydrogens is 246 g/mol. The van der Waals surface area contributed by atoms with Crippen LogP contribution in [0.3, 0.4) is 0 Å². The lowest BCUT2D eigenvalue weighted by Crippen LogP contribution is -2.20. The fourth-order valence-electron chi connectivity index (χ4n) is 2.46. The van der Waals surface area contributed by atoms with E-state index in [4.69, 9.17) is 16.3 Å². The predicted octanol–water partition coefficient (Wildman–Crippen LogP) is 3.89. The Labute approximate surface area is 115 Å². The molecule has 0 bridgehead atoms. The van der Waals surface area contributed by atoms with Gasteiger partial charge in [0.1, 0.15) is 5.75 Å². The van der Waals surface area contributed by atoms with Crippen LogP contribution in [0.1, 0.15) is 32.1 Å². The number of hydrogen-bond acceptors (Lipinski definition) is 2. The van der Waals surface area contributed by atoms with E-state index in [0.29, 0.717) is 0 Å². The molecule has 1 aliphatic rings. The second-order valence-corrected chi connectivity index (χ2v) is 5.45. The lowest BCUT2D eigenvalue weighted by atomic mass is 9.98. The molecule has 0 spiro atoms. The lowest BCUT2D eigenvalue weighted by Gasteiger charge is -2.14. The van der Waals surface area contributed by atoms with Crippen molar-refractivity contribution >= 4 is 11.6 Å². The van der Waals surface area contributed by atoms with Crippen LogP contribution in [0.5, 0.6) is 5.75 Å². The van der Waals surface area contributed by atoms with Crippen LogP contribution >= 0.6 is 11.6 Å². The Balaban J connectivity index is 1.63. The van der Waals surface area contributed by atoms with E-state index in [0.717, 1.165) is 29.7 Å². The molecule has 0 radical (unpaired) electrons. The first kappa shape index (κ1) is 13.7. The molecule has 0 aliphatic carbocycles. The molecular formula is C15H22ClNO. The summed E-state index contributed by atoms with van der Waals surface area (Å²) in [6.07, 6.45) is 6.44. The second-order valence-electron chi connectivity index (χ2n) is 5.01. The van der Waals surface area contributed by atoms with Crippen molar-refractivity contribution < 1.29 is 4.74 Å². The van der Waals surface area contributed by atoms with Gasteiger partial charge in [0.2, 0.25) is 0 Å². The van der Waals surface area contributed by atoms with Gasteiger partial charge >= 0.3 is 0 Å². The zero-order chi connectivity index (χ0) is 12.6. The SMILES string of the molecule is Clc1cccc(OCCCC2CCCCNC2)c1. The van der Waals surface area contributed by atoms with Gasteiger partial charge < -0.3 is 10.1 Å². The van der Waals surface area contributed by atoms with Crippen LogP contribution < -0.4 is 10.1 Å². The van der Waals surface area contributed by atoms with Crippen LogP contribution in [0.2, 0.25) is 5.02 Å². The maximum Gasteiger partial charge on any atom is 0.120 e. The van der Waals surface area contributed by atoms with E-state index < -0.39 is 0 Å². The number of ether oxygens (including phenoxy) is 1. The molecule has 1 aromatic rings. The van der Waals surface area contributed by atoms with Crippen molar-refractivity contribution in [3.05, 3.63) is 29.3 Å². The average Bonchev–Trinajstić information content (AvgIpc) is 2.63. The van der Waals surface area contributed by atoms with Crippen molar-refractivity contribution in [1.29, 1.82) is 0 Å². The average molecular weight is 268 g/mol. The molecule has 1 saturated heterocycles. The highest BCUT2D eigenvalue weighted by atomic mass is 35.5. The third-order valence-corrected chi connectivity index (χ3v) is 3.71. The largest absolute Gasteiger partial charge is 0.494 e. The van der Waals surface area contributed by atoms with Gasteiger partial charge in [-0.2, -0.15) is 0 Å². The van der Waals surface area contributed by atoms with E-state index in [-0.39, 0.29) is 0 Å². The third-order valence-electron chi connectivity index (χ3n) is 3.47. The molecule has 1 aromatic carbocycles. The van der Waals surface area contributed by atoms with E-state index in [1.54, 1.807) is 0 Å². The third kappa shape index (κ3) is 4.87. The first-order chi connectivity index (χ1) is 8.84. The smallest absolute Gasteiger partial charge is 0.120 e. The van der Waals surface area contributed by atoms with Crippen LogP contribution in [0.25, 0.3) is 0 Å². The Kier molecular flexibility index (Phi) is 5.82. The van der Waals surface area contributed by atoms with Crippen molar-refractivity contribution in [2.45, 2.75) is 32.1 Å². The summed E-state index contributed by atoms with van der Waals surface area (Å²) in [5.74, 6) is 1.71. The second kappa shape index (κ2) is 7.65. The quantitative estimate of drug-likeness (QED) is 0.818. The van der Waals surface area contributed by atoms with Gasteiger partial charge in [-0.05, 0) is 62.9 Å². The molecule has 100 valence electrons. The van der Waals surface area contributed by atoms with Crippen molar-refractivity contribution in [2.24, 2.45) is 5.92 Å². The van der Waals surface area contributed by atoms with Gasteiger partial charge in [0.25, 0.3) is 0 Å². The van der Waals surface area contributed by atoms with Gasteiger partial charge in [0.05, 0.1) is 6.61 Å². The van der Waals surface area contributed by atoms with Gasteiger partial charge in [-0.25, -0.2) is 0 Å². The number of nitrogens with one attached hydrogen (secondary N) is 1. The maximum absolute atomic E-state index is 5.91. The summed E-state index contributed by atoms with van der Waals surface area (Å²) in [6, 6.07) is 7.62. The molecule has 1 atom stereocenters. The van der Waals surface area contributed by atoms with E-state index >= 15 is 0 Å². The van der Waals surface area contributed by atoms with E-state index in [2.05, 4.69) is 5.32 Å². The molecule has 0 aromatic heterocycles. The molecule has 1 aliphatic heterocycles. The summed E-state index contributed by atoms with van der Waals surface area (Å²) in [5.41, 5.74) is 0.